The van der Waals surface area contributed by atoms with Crippen molar-refractivity contribution in [1.82, 2.24) is 10.2 Å². The number of carbonyl (C=O) groups excluding carboxylic acids is 2. The number of amides is 2. The van der Waals surface area contributed by atoms with Crippen LogP contribution in [0.2, 0.25) is 0 Å². The Balaban J connectivity index is 1.47. The summed E-state index contributed by atoms with van der Waals surface area (Å²) in [4.78, 5) is 29.9. The minimum atomic E-state index is -3.90. The van der Waals surface area contributed by atoms with E-state index >= 15 is 0 Å². The number of hydrogen-bond donors (Lipinski definition) is 1. The number of nitrogens with one attached hydrogen (secondary N) is 1. The van der Waals surface area contributed by atoms with Gasteiger partial charge >= 0.3 is 0 Å². The zero-order valence-electron chi connectivity index (χ0n) is 26.7. The molecule has 1 aliphatic rings. The molecule has 4 aromatic carbocycles. The van der Waals surface area contributed by atoms with Gasteiger partial charge in [0.05, 0.1) is 19.1 Å². The van der Waals surface area contributed by atoms with Crippen LogP contribution >= 0.6 is 0 Å². The van der Waals surface area contributed by atoms with E-state index in [0.29, 0.717) is 22.9 Å². The Labute approximate surface area is 277 Å². The van der Waals surface area contributed by atoms with Crippen molar-refractivity contribution >= 4 is 27.5 Å². The quantitative estimate of drug-likeness (QED) is 0.180. The molecular weight excluding hydrogens is 614 g/mol. The van der Waals surface area contributed by atoms with Crippen LogP contribution in [0.15, 0.2) is 109 Å². The summed E-state index contributed by atoms with van der Waals surface area (Å²) in [6, 6.07) is 31.8. The first-order valence-corrected chi connectivity index (χ1v) is 17.6. The van der Waals surface area contributed by atoms with Gasteiger partial charge in [-0.25, -0.2) is 8.42 Å². The molecule has 246 valence electrons. The molecule has 1 unspecified atom stereocenters. The third-order valence-electron chi connectivity index (χ3n) is 8.24. The molecule has 1 atom stereocenters. The average Bonchev–Trinajstić information content (AvgIpc) is 3.59. The molecule has 1 saturated carbocycles. The van der Waals surface area contributed by atoms with Gasteiger partial charge in [-0.3, -0.25) is 13.9 Å². The van der Waals surface area contributed by atoms with Crippen LogP contribution in [-0.2, 0) is 32.6 Å². The molecule has 0 bridgehead atoms. The van der Waals surface area contributed by atoms with E-state index in [4.69, 9.17) is 9.47 Å². The monoisotopic (exact) mass is 655 g/mol. The van der Waals surface area contributed by atoms with Crippen LogP contribution in [0.25, 0.3) is 0 Å². The van der Waals surface area contributed by atoms with E-state index in [1.54, 1.807) is 37.4 Å². The van der Waals surface area contributed by atoms with Gasteiger partial charge in [0.25, 0.3) is 0 Å². The molecular formula is C37H41N3O6S. The summed E-state index contributed by atoms with van der Waals surface area (Å²) >= 11 is 0. The van der Waals surface area contributed by atoms with Gasteiger partial charge in [0.2, 0.25) is 21.8 Å². The number of carbonyl (C=O) groups is 2. The minimum absolute atomic E-state index is 0.0404. The highest BCUT2D eigenvalue weighted by molar-refractivity contribution is 7.92. The maximum Gasteiger partial charge on any atom is 0.244 e. The number of anilines is 1. The van der Waals surface area contributed by atoms with Gasteiger partial charge in [-0.05, 0) is 72.5 Å². The van der Waals surface area contributed by atoms with Gasteiger partial charge in [0, 0.05) is 19.0 Å². The first-order chi connectivity index (χ1) is 22.7. The molecule has 1 aliphatic carbocycles. The molecule has 2 amide bonds. The van der Waals surface area contributed by atoms with Crippen molar-refractivity contribution in [1.29, 1.82) is 0 Å². The van der Waals surface area contributed by atoms with Crippen LogP contribution in [0, 0.1) is 0 Å². The van der Waals surface area contributed by atoms with Crippen molar-refractivity contribution in [3.05, 3.63) is 120 Å². The van der Waals surface area contributed by atoms with E-state index in [1.165, 1.54) is 4.90 Å². The fourth-order valence-corrected chi connectivity index (χ4v) is 6.66. The third kappa shape index (κ3) is 9.36. The summed E-state index contributed by atoms with van der Waals surface area (Å²) in [5.41, 5.74) is 1.94. The summed E-state index contributed by atoms with van der Waals surface area (Å²) in [5.74, 6) is 1.01. The van der Waals surface area contributed by atoms with Crippen molar-refractivity contribution in [2.75, 3.05) is 24.2 Å². The van der Waals surface area contributed by atoms with Crippen LogP contribution < -0.4 is 19.1 Å². The molecule has 10 heteroatoms. The van der Waals surface area contributed by atoms with Gasteiger partial charge in [0.15, 0.2) is 0 Å². The zero-order valence-corrected chi connectivity index (χ0v) is 27.6. The van der Waals surface area contributed by atoms with Crippen molar-refractivity contribution in [3.8, 4) is 17.2 Å². The number of methoxy groups -OCH3 is 1. The van der Waals surface area contributed by atoms with Crippen LogP contribution in [0.3, 0.4) is 0 Å². The largest absolute Gasteiger partial charge is 0.497 e. The number of rotatable bonds is 14. The van der Waals surface area contributed by atoms with Crippen LogP contribution in [0.1, 0.15) is 36.8 Å². The van der Waals surface area contributed by atoms with E-state index in [2.05, 4.69) is 5.32 Å². The predicted octanol–water partition coefficient (Wildman–Crippen LogP) is 5.95. The van der Waals surface area contributed by atoms with Gasteiger partial charge < -0.3 is 19.7 Å². The Bertz CT molecular complexity index is 1730. The highest BCUT2D eigenvalue weighted by Crippen LogP contribution is 2.27. The standard InChI is InChI=1S/C37H41N3O6S/c1-45-34-19-11-14-29(24-34)26-39(35(25-28-12-5-3-6-13-28)37(42)38-30-15-9-10-16-30)36(41)27-40(47(2,43)44)31-20-22-33(23-21-31)46-32-17-7-4-8-18-32/h3-8,11-14,17-24,30,35H,9-10,15-16,25-27H2,1-2H3,(H,38,42). The summed E-state index contributed by atoms with van der Waals surface area (Å²) in [6.07, 6.45) is 5.19. The fraction of sp³-hybridized carbons (Fsp3) is 0.297. The smallest absolute Gasteiger partial charge is 0.244 e. The lowest BCUT2D eigenvalue weighted by molar-refractivity contribution is -0.140. The van der Waals surface area contributed by atoms with Gasteiger partial charge in [0.1, 0.15) is 29.8 Å². The third-order valence-corrected chi connectivity index (χ3v) is 9.38. The fourth-order valence-electron chi connectivity index (χ4n) is 5.81. The van der Waals surface area contributed by atoms with E-state index < -0.39 is 28.5 Å². The SMILES string of the molecule is COc1cccc(CN(C(=O)CN(c2ccc(Oc3ccccc3)cc2)S(C)(=O)=O)C(Cc2ccccc2)C(=O)NC2CCCC2)c1. The Kier molecular flexibility index (Phi) is 11.2. The lowest BCUT2D eigenvalue weighted by Crippen LogP contribution is -2.54. The first-order valence-electron chi connectivity index (χ1n) is 15.8. The predicted molar refractivity (Wildman–Crippen MR) is 183 cm³/mol. The molecule has 47 heavy (non-hydrogen) atoms. The van der Waals surface area contributed by atoms with Crippen LogP contribution in [0.5, 0.6) is 17.2 Å². The Hall–Kier alpha value is -4.83. The molecule has 9 nitrogen and oxygen atoms in total. The van der Waals surface area contributed by atoms with Crippen molar-refractivity contribution in [3.63, 3.8) is 0 Å². The second-order valence-corrected chi connectivity index (χ2v) is 13.7. The van der Waals surface area contributed by atoms with Crippen molar-refractivity contribution in [2.45, 2.75) is 50.7 Å². The van der Waals surface area contributed by atoms with E-state index in [0.717, 1.165) is 47.4 Å². The second-order valence-electron chi connectivity index (χ2n) is 11.7. The van der Waals surface area contributed by atoms with Gasteiger partial charge in [-0.1, -0.05) is 73.5 Å². The maximum absolute atomic E-state index is 14.4. The lowest BCUT2D eigenvalue weighted by Gasteiger charge is -2.34. The normalized spacial score (nSPS) is 13.8. The first kappa shape index (κ1) is 33.5. The molecule has 0 heterocycles. The second kappa shape index (κ2) is 15.6. The van der Waals surface area contributed by atoms with Gasteiger partial charge in [-0.2, -0.15) is 0 Å². The Morgan fingerprint density at radius 2 is 1.40 bits per heavy atom. The molecule has 1 fully saturated rings. The number of nitrogens with zero attached hydrogens (tertiary/aromatic N) is 2. The molecule has 0 aliphatic heterocycles. The van der Waals surface area contributed by atoms with Crippen LogP contribution in [0.4, 0.5) is 5.69 Å². The average molecular weight is 656 g/mol. The van der Waals surface area contributed by atoms with Crippen LogP contribution in [-0.4, -0.2) is 57.1 Å². The number of hydrogen-bond acceptors (Lipinski definition) is 6. The molecule has 0 aromatic heterocycles. The van der Waals surface area contributed by atoms with E-state index in [-0.39, 0.29) is 24.9 Å². The molecule has 1 N–H and O–H groups in total. The number of para-hydroxylation sites is 1. The topological polar surface area (TPSA) is 105 Å². The highest BCUT2D eigenvalue weighted by atomic mass is 32.2. The van der Waals surface area contributed by atoms with E-state index in [9.17, 15) is 18.0 Å². The Morgan fingerprint density at radius 1 is 0.809 bits per heavy atom. The number of sulfonamides is 1. The molecule has 0 spiro atoms. The molecule has 4 aromatic rings. The maximum atomic E-state index is 14.4. The lowest BCUT2D eigenvalue weighted by atomic mass is 10.0. The summed E-state index contributed by atoms with van der Waals surface area (Å²) < 4.78 is 38.7. The molecule has 0 radical (unpaired) electrons. The Morgan fingerprint density at radius 3 is 2.04 bits per heavy atom. The summed E-state index contributed by atoms with van der Waals surface area (Å²) in [5, 5.41) is 3.18. The number of ether oxygens (including phenoxy) is 2. The summed E-state index contributed by atoms with van der Waals surface area (Å²) in [6.45, 7) is -0.420. The van der Waals surface area contributed by atoms with Crippen molar-refractivity contribution < 1.29 is 27.5 Å². The highest BCUT2D eigenvalue weighted by Gasteiger charge is 2.34. The zero-order chi connectivity index (χ0) is 33.2. The van der Waals surface area contributed by atoms with Gasteiger partial charge in [-0.15, -0.1) is 0 Å². The van der Waals surface area contributed by atoms with E-state index in [1.807, 2.05) is 78.9 Å². The number of benzene rings is 4. The summed E-state index contributed by atoms with van der Waals surface area (Å²) in [7, 11) is -2.34. The van der Waals surface area contributed by atoms with Crippen molar-refractivity contribution in [2.24, 2.45) is 0 Å². The molecule has 0 saturated heterocycles. The molecule has 5 rings (SSSR count). The minimum Gasteiger partial charge on any atom is -0.497 e.